The van der Waals surface area contributed by atoms with E-state index in [1.165, 1.54) is 7.11 Å². The van der Waals surface area contributed by atoms with Crippen molar-refractivity contribution in [3.8, 4) is 17.0 Å². The highest BCUT2D eigenvalue weighted by Crippen LogP contribution is 2.32. The molecular formula is C13H10N6O. The average Bonchev–Trinajstić information content (AvgIpc) is 2.91. The van der Waals surface area contributed by atoms with Crippen molar-refractivity contribution in [3.05, 3.63) is 53.3 Å². The molecule has 2 aromatic heterocycles. The monoisotopic (exact) mass is 266 g/mol. The largest absolute Gasteiger partial charge is 0.496 e. The molecule has 0 amide bonds. The maximum Gasteiger partial charge on any atom is 0.234 e. The van der Waals surface area contributed by atoms with E-state index in [1.807, 2.05) is 28.9 Å². The van der Waals surface area contributed by atoms with Crippen molar-refractivity contribution in [2.75, 3.05) is 7.11 Å². The Morgan fingerprint density at radius 3 is 3.05 bits per heavy atom. The Labute approximate surface area is 114 Å². The van der Waals surface area contributed by atoms with Crippen molar-refractivity contribution in [2.45, 2.75) is 0 Å². The molecule has 0 saturated heterocycles. The van der Waals surface area contributed by atoms with Crippen LogP contribution in [-0.4, -0.2) is 21.5 Å². The molecule has 0 aliphatic carbocycles. The predicted octanol–water partition coefficient (Wildman–Crippen LogP) is 3.35. The van der Waals surface area contributed by atoms with Gasteiger partial charge in [0.1, 0.15) is 5.75 Å². The van der Waals surface area contributed by atoms with Gasteiger partial charge in [0, 0.05) is 29.1 Å². The number of aromatic nitrogens is 3. The third-order valence-corrected chi connectivity index (χ3v) is 2.86. The standard InChI is InChI=1S/C13H10N6O/c1-20-12-4-3-9(7-10(12)17-18-14)11-8-19-6-2-5-15-13(19)16-11/h2-8H,1H3. The van der Waals surface area contributed by atoms with Crippen LogP contribution in [0.2, 0.25) is 0 Å². The lowest BCUT2D eigenvalue weighted by atomic mass is 10.1. The van der Waals surface area contributed by atoms with Crippen LogP contribution in [0.4, 0.5) is 5.69 Å². The van der Waals surface area contributed by atoms with Gasteiger partial charge in [0.25, 0.3) is 0 Å². The summed E-state index contributed by atoms with van der Waals surface area (Å²) < 4.78 is 6.97. The highest BCUT2D eigenvalue weighted by molar-refractivity contribution is 5.68. The summed E-state index contributed by atoms with van der Waals surface area (Å²) in [6, 6.07) is 7.17. The lowest BCUT2D eigenvalue weighted by molar-refractivity contribution is 0.416. The van der Waals surface area contributed by atoms with E-state index in [0.717, 1.165) is 11.3 Å². The summed E-state index contributed by atoms with van der Waals surface area (Å²) in [7, 11) is 1.53. The first-order valence-corrected chi connectivity index (χ1v) is 5.85. The number of benzene rings is 1. The molecule has 98 valence electrons. The zero-order chi connectivity index (χ0) is 13.9. The van der Waals surface area contributed by atoms with Gasteiger partial charge < -0.3 is 4.74 Å². The fraction of sp³-hybridized carbons (Fsp3) is 0.0769. The van der Waals surface area contributed by atoms with Gasteiger partial charge in [0.2, 0.25) is 5.78 Å². The van der Waals surface area contributed by atoms with Gasteiger partial charge in [-0.25, -0.2) is 9.97 Å². The van der Waals surface area contributed by atoms with Gasteiger partial charge >= 0.3 is 0 Å². The number of ether oxygens (including phenoxy) is 1. The van der Waals surface area contributed by atoms with Crippen LogP contribution in [0.1, 0.15) is 0 Å². The third-order valence-electron chi connectivity index (χ3n) is 2.86. The molecule has 3 aromatic rings. The van der Waals surface area contributed by atoms with Crippen LogP contribution in [-0.2, 0) is 0 Å². The Morgan fingerprint density at radius 1 is 1.40 bits per heavy atom. The van der Waals surface area contributed by atoms with Crippen LogP contribution in [0.15, 0.2) is 48.0 Å². The van der Waals surface area contributed by atoms with E-state index >= 15 is 0 Å². The van der Waals surface area contributed by atoms with Crippen LogP contribution < -0.4 is 4.74 Å². The number of hydrogen-bond acceptors (Lipinski definition) is 4. The Bertz CT molecular complexity index is 786. The molecule has 0 fully saturated rings. The molecule has 3 rings (SSSR count). The Kier molecular flexibility index (Phi) is 2.95. The summed E-state index contributed by atoms with van der Waals surface area (Å²) in [6.45, 7) is 0. The summed E-state index contributed by atoms with van der Waals surface area (Å²) in [5.41, 5.74) is 10.6. The number of rotatable bonds is 3. The molecule has 20 heavy (non-hydrogen) atoms. The number of azide groups is 1. The molecule has 0 atom stereocenters. The summed E-state index contributed by atoms with van der Waals surface area (Å²) in [4.78, 5) is 11.4. The van der Waals surface area contributed by atoms with Crippen molar-refractivity contribution in [3.63, 3.8) is 0 Å². The van der Waals surface area contributed by atoms with Crippen LogP contribution in [0.5, 0.6) is 5.75 Å². The van der Waals surface area contributed by atoms with E-state index < -0.39 is 0 Å². The second-order valence-electron chi connectivity index (χ2n) is 4.03. The molecule has 7 nitrogen and oxygen atoms in total. The van der Waals surface area contributed by atoms with E-state index in [4.69, 9.17) is 10.3 Å². The minimum Gasteiger partial charge on any atom is -0.496 e. The van der Waals surface area contributed by atoms with Gasteiger partial charge in [-0.1, -0.05) is 5.11 Å². The van der Waals surface area contributed by atoms with Crippen molar-refractivity contribution in [1.29, 1.82) is 0 Å². The first kappa shape index (κ1) is 12.0. The summed E-state index contributed by atoms with van der Waals surface area (Å²) in [6.07, 6.45) is 5.42. The van der Waals surface area contributed by atoms with Crippen LogP contribution in [0, 0.1) is 0 Å². The highest BCUT2D eigenvalue weighted by Gasteiger charge is 2.08. The maximum absolute atomic E-state index is 8.59. The SMILES string of the molecule is COc1ccc(-c2cn3cccnc3n2)cc1N=[N+]=[N-]. The fourth-order valence-corrected chi connectivity index (χ4v) is 1.94. The van der Waals surface area contributed by atoms with Gasteiger partial charge in [-0.15, -0.1) is 0 Å². The summed E-state index contributed by atoms with van der Waals surface area (Å²) >= 11 is 0. The number of fused-ring (bicyclic) bond motifs is 1. The Morgan fingerprint density at radius 2 is 2.30 bits per heavy atom. The maximum atomic E-state index is 8.59. The van der Waals surface area contributed by atoms with Gasteiger partial charge in [0.15, 0.2) is 0 Å². The lowest BCUT2D eigenvalue weighted by Crippen LogP contribution is -1.84. The van der Waals surface area contributed by atoms with Gasteiger partial charge in [-0.3, -0.25) is 4.40 Å². The molecule has 1 aromatic carbocycles. The minimum absolute atomic E-state index is 0.428. The molecule has 0 aliphatic heterocycles. The highest BCUT2D eigenvalue weighted by atomic mass is 16.5. The zero-order valence-electron chi connectivity index (χ0n) is 10.6. The van der Waals surface area contributed by atoms with E-state index in [9.17, 15) is 0 Å². The molecule has 0 saturated carbocycles. The van der Waals surface area contributed by atoms with E-state index in [0.29, 0.717) is 17.2 Å². The first-order chi connectivity index (χ1) is 9.81. The van der Waals surface area contributed by atoms with Crippen molar-refractivity contribution in [1.82, 2.24) is 14.4 Å². The van der Waals surface area contributed by atoms with Crippen LogP contribution in [0.25, 0.3) is 27.5 Å². The van der Waals surface area contributed by atoms with Gasteiger partial charge in [-0.2, -0.15) is 0 Å². The van der Waals surface area contributed by atoms with Crippen LogP contribution in [0.3, 0.4) is 0 Å². The average molecular weight is 266 g/mol. The Hall–Kier alpha value is -3.05. The number of nitrogens with zero attached hydrogens (tertiary/aromatic N) is 6. The van der Waals surface area contributed by atoms with E-state index in [1.54, 1.807) is 18.3 Å². The van der Waals surface area contributed by atoms with Crippen molar-refractivity contribution < 1.29 is 4.74 Å². The normalized spacial score (nSPS) is 10.2. The molecular weight excluding hydrogens is 256 g/mol. The molecule has 0 aliphatic rings. The molecule has 0 unspecified atom stereocenters. The smallest absolute Gasteiger partial charge is 0.234 e. The molecule has 0 spiro atoms. The van der Waals surface area contributed by atoms with Crippen LogP contribution >= 0.6 is 0 Å². The quantitative estimate of drug-likeness (QED) is 0.413. The number of imidazole rings is 1. The van der Waals surface area contributed by atoms with Gasteiger partial charge in [-0.05, 0) is 29.8 Å². The number of methoxy groups -OCH3 is 1. The predicted molar refractivity (Wildman–Crippen MR) is 73.8 cm³/mol. The fourth-order valence-electron chi connectivity index (χ4n) is 1.94. The molecule has 0 radical (unpaired) electrons. The summed E-state index contributed by atoms with van der Waals surface area (Å²) in [5, 5.41) is 3.62. The first-order valence-electron chi connectivity index (χ1n) is 5.85. The lowest BCUT2D eigenvalue weighted by Gasteiger charge is -2.05. The second-order valence-corrected chi connectivity index (χ2v) is 4.03. The third kappa shape index (κ3) is 2.02. The topological polar surface area (TPSA) is 88.2 Å². The zero-order valence-corrected chi connectivity index (χ0v) is 10.6. The molecule has 7 heteroatoms. The molecule has 2 heterocycles. The molecule has 0 bridgehead atoms. The van der Waals surface area contributed by atoms with Gasteiger partial charge in [0.05, 0.1) is 18.5 Å². The number of hydrogen-bond donors (Lipinski definition) is 0. The molecule has 0 N–H and O–H groups in total. The Balaban J connectivity index is 2.13. The summed E-state index contributed by atoms with van der Waals surface area (Å²) in [5.74, 6) is 1.14. The van der Waals surface area contributed by atoms with Crippen molar-refractivity contribution in [2.24, 2.45) is 5.11 Å². The van der Waals surface area contributed by atoms with E-state index in [2.05, 4.69) is 20.0 Å². The minimum atomic E-state index is 0.428. The van der Waals surface area contributed by atoms with E-state index in [-0.39, 0.29) is 0 Å². The van der Waals surface area contributed by atoms with Crippen molar-refractivity contribution >= 4 is 11.5 Å². The second kappa shape index (κ2) is 4.91.